The molecule has 1 unspecified atom stereocenters. The van der Waals surface area contributed by atoms with Crippen LogP contribution in [-0.4, -0.2) is 31.4 Å². The van der Waals surface area contributed by atoms with E-state index >= 15 is 0 Å². The van der Waals surface area contributed by atoms with E-state index in [0.717, 1.165) is 28.9 Å². The normalized spacial score (nSPS) is 18.5. The second kappa shape index (κ2) is 7.00. The second-order valence-electron chi connectivity index (χ2n) is 6.44. The topological polar surface area (TPSA) is 55.8 Å². The molecule has 0 amide bonds. The van der Waals surface area contributed by atoms with Crippen LogP contribution < -0.4 is 4.74 Å². The van der Waals surface area contributed by atoms with Crippen molar-refractivity contribution in [3.8, 4) is 17.6 Å². The van der Waals surface area contributed by atoms with E-state index in [1.807, 2.05) is 12.1 Å². The predicted octanol–water partition coefficient (Wildman–Crippen LogP) is 3.47. The van der Waals surface area contributed by atoms with Crippen LogP contribution in [0.4, 0.5) is 0 Å². The molecule has 4 heteroatoms. The maximum Gasteiger partial charge on any atom is 0.335 e. The van der Waals surface area contributed by atoms with Crippen LogP contribution in [0.3, 0.4) is 0 Å². The summed E-state index contributed by atoms with van der Waals surface area (Å²) in [5.41, 5.74) is 2.97. The first kappa shape index (κ1) is 17.1. The summed E-state index contributed by atoms with van der Waals surface area (Å²) in [7, 11) is 1.71. The van der Waals surface area contributed by atoms with Crippen LogP contribution in [0.1, 0.15) is 40.4 Å². The molecule has 1 N–H and O–H groups in total. The van der Waals surface area contributed by atoms with Gasteiger partial charge in [-0.3, -0.25) is 0 Å². The van der Waals surface area contributed by atoms with E-state index in [4.69, 9.17) is 14.6 Å². The molecular weight excluding hydrogens is 316 g/mol. The van der Waals surface area contributed by atoms with Crippen molar-refractivity contribution in [2.75, 3.05) is 20.3 Å². The van der Waals surface area contributed by atoms with Crippen LogP contribution in [-0.2, 0) is 10.2 Å². The number of ether oxygens (including phenoxy) is 2. The molecule has 0 spiro atoms. The van der Waals surface area contributed by atoms with Crippen molar-refractivity contribution in [2.45, 2.75) is 18.8 Å². The van der Waals surface area contributed by atoms with E-state index in [1.165, 1.54) is 0 Å². The first-order valence-corrected chi connectivity index (χ1v) is 8.13. The fraction of sp³-hybridized carbons (Fsp3) is 0.286. The molecular formula is C21H20O4. The van der Waals surface area contributed by atoms with E-state index in [2.05, 4.69) is 24.8 Å². The number of benzene rings is 2. The highest BCUT2D eigenvalue weighted by Crippen LogP contribution is 2.39. The highest BCUT2D eigenvalue weighted by molar-refractivity contribution is 5.87. The monoisotopic (exact) mass is 336 g/mol. The van der Waals surface area contributed by atoms with Gasteiger partial charge in [0.25, 0.3) is 0 Å². The Hall–Kier alpha value is -2.77. The smallest absolute Gasteiger partial charge is 0.335 e. The number of carboxylic acid groups (broad SMARTS) is 1. The second-order valence-corrected chi connectivity index (χ2v) is 6.44. The first-order chi connectivity index (χ1) is 12.0. The van der Waals surface area contributed by atoms with Crippen LogP contribution in [0.25, 0.3) is 0 Å². The van der Waals surface area contributed by atoms with Gasteiger partial charge in [-0.05, 0) is 48.9 Å². The molecule has 3 rings (SSSR count). The van der Waals surface area contributed by atoms with Gasteiger partial charge in [0.15, 0.2) is 0 Å². The van der Waals surface area contributed by atoms with E-state index in [-0.39, 0.29) is 11.0 Å². The number of carbonyl (C=O) groups is 1. The van der Waals surface area contributed by atoms with Crippen molar-refractivity contribution in [2.24, 2.45) is 0 Å². The van der Waals surface area contributed by atoms with Crippen LogP contribution >= 0.6 is 0 Å². The van der Waals surface area contributed by atoms with Crippen LogP contribution in [0.5, 0.6) is 5.75 Å². The lowest BCUT2D eigenvalue weighted by atomic mass is 9.78. The quantitative estimate of drug-likeness (QED) is 0.872. The SMILES string of the molecule is COCC1(C)CCOc2ccc(C#Cc3ccc(C(=O)O)cc3)cc21. The molecule has 25 heavy (non-hydrogen) atoms. The molecule has 2 aromatic rings. The summed E-state index contributed by atoms with van der Waals surface area (Å²) < 4.78 is 11.2. The average Bonchev–Trinajstić information content (AvgIpc) is 2.61. The van der Waals surface area contributed by atoms with Crippen LogP contribution in [0.2, 0.25) is 0 Å². The van der Waals surface area contributed by atoms with Gasteiger partial charge in [-0.25, -0.2) is 4.79 Å². The van der Waals surface area contributed by atoms with Gasteiger partial charge in [-0.2, -0.15) is 0 Å². The standard InChI is InChI=1S/C21H20O4/c1-21(14-24-2)11-12-25-19-10-7-16(13-18(19)21)4-3-15-5-8-17(9-6-15)20(22)23/h5-10,13H,11-12,14H2,1-2H3,(H,22,23). The van der Waals surface area contributed by atoms with Gasteiger partial charge >= 0.3 is 5.97 Å². The molecule has 128 valence electrons. The van der Waals surface area contributed by atoms with Crippen molar-refractivity contribution in [3.63, 3.8) is 0 Å². The molecule has 1 atom stereocenters. The Balaban J connectivity index is 1.89. The number of carboxylic acids is 1. The summed E-state index contributed by atoms with van der Waals surface area (Å²) in [6.07, 6.45) is 0.904. The van der Waals surface area contributed by atoms with Gasteiger partial charge in [0.05, 0.1) is 18.8 Å². The Morgan fingerprint density at radius 1 is 1.20 bits per heavy atom. The average molecular weight is 336 g/mol. The first-order valence-electron chi connectivity index (χ1n) is 8.13. The number of hydrogen-bond acceptors (Lipinski definition) is 3. The Morgan fingerprint density at radius 3 is 2.56 bits per heavy atom. The van der Waals surface area contributed by atoms with E-state index in [9.17, 15) is 4.79 Å². The van der Waals surface area contributed by atoms with Crippen LogP contribution in [0, 0.1) is 11.8 Å². The number of rotatable bonds is 3. The molecule has 2 aromatic carbocycles. The highest BCUT2D eigenvalue weighted by atomic mass is 16.5. The number of fused-ring (bicyclic) bond motifs is 1. The fourth-order valence-corrected chi connectivity index (χ4v) is 3.04. The Labute approximate surface area is 147 Å². The lowest BCUT2D eigenvalue weighted by Gasteiger charge is -2.35. The van der Waals surface area contributed by atoms with Gasteiger partial charge < -0.3 is 14.6 Å². The third kappa shape index (κ3) is 3.67. The molecule has 1 aliphatic rings. The molecule has 0 aromatic heterocycles. The zero-order valence-corrected chi connectivity index (χ0v) is 14.3. The van der Waals surface area contributed by atoms with Crippen LogP contribution in [0.15, 0.2) is 42.5 Å². The lowest BCUT2D eigenvalue weighted by molar-refractivity contribution is 0.0697. The lowest BCUT2D eigenvalue weighted by Crippen LogP contribution is -2.34. The minimum absolute atomic E-state index is 0.0802. The zero-order chi connectivity index (χ0) is 17.9. The van der Waals surface area contributed by atoms with Crippen molar-refractivity contribution in [1.29, 1.82) is 0 Å². The molecule has 1 heterocycles. The third-order valence-electron chi connectivity index (χ3n) is 4.49. The Kier molecular flexibility index (Phi) is 4.78. The zero-order valence-electron chi connectivity index (χ0n) is 14.3. The van der Waals surface area contributed by atoms with Crippen molar-refractivity contribution in [3.05, 3.63) is 64.7 Å². The molecule has 1 aliphatic heterocycles. The Bertz CT molecular complexity index is 842. The van der Waals surface area contributed by atoms with E-state index in [0.29, 0.717) is 13.2 Å². The van der Waals surface area contributed by atoms with Gasteiger partial charge in [0.1, 0.15) is 5.75 Å². The van der Waals surface area contributed by atoms with Crippen molar-refractivity contribution < 1.29 is 19.4 Å². The number of hydrogen-bond donors (Lipinski definition) is 1. The number of methoxy groups -OCH3 is 1. The maximum absolute atomic E-state index is 10.9. The molecule has 0 saturated carbocycles. The summed E-state index contributed by atoms with van der Waals surface area (Å²) in [6, 6.07) is 12.5. The maximum atomic E-state index is 10.9. The molecule has 0 radical (unpaired) electrons. The largest absolute Gasteiger partial charge is 0.493 e. The minimum Gasteiger partial charge on any atom is -0.493 e. The van der Waals surface area contributed by atoms with E-state index in [1.54, 1.807) is 31.4 Å². The summed E-state index contributed by atoms with van der Waals surface area (Å²) >= 11 is 0. The van der Waals surface area contributed by atoms with Gasteiger partial charge in [-0.15, -0.1) is 0 Å². The van der Waals surface area contributed by atoms with Gasteiger partial charge in [0.2, 0.25) is 0 Å². The molecule has 0 bridgehead atoms. The van der Waals surface area contributed by atoms with Gasteiger partial charge in [0, 0.05) is 29.2 Å². The van der Waals surface area contributed by atoms with Gasteiger partial charge in [-0.1, -0.05) is 18.8 Å². The van der Waals surface area contributed by atoms with E-state index < -0.39 is 5.97 Å². The number of aromatic carboxylic acids is 1. The van der Waals surface area contributed by atoms with Crippen molar-refractivity contribution >= 4 is 5.97 Å². The predicted molar refractivity (Wildman–Crippen MR) is 95.2 cm³/mol. The fourth-order valence-electron chi connectivity index (χ4n) is 3.04. The Morgan fingerprint density at radius 2 is 1.88 bits per heavy atom. The third-order valence-corrected chi connectivity index (χ3v) is 4.49. The summed E-state index contributed by atoms with van der Waals surface area (Å²) in [5, 5.41) is 8.93. The molecule has 0 saturated heterocycles. The molecule has 0 fully saturated rings. The summed E-state index contributed by atoms with van der Waals surface area (Å²) in [5.74, 6) is 6.18. The summed E-state index contributed by atoms with van der Waals surface area (Å²) in [4.78, 5) is 10.9. The summed E-state index contributed by atoms with van der Waals surface area (Å²) in [6.45, 7) is 3.50. The minimum atomic E-state index is -0.938. The van der Waals surface area contributed by atoms with Crippen molar-refractivity contribution in [1.82, 2.24) is 0 Å². The molecule has 0 aliphatic carbocycles. The molecule has 4 nitrogen and oxygen atoms in total. The highest BCUT2D eigenvalue weighted by Gasteiger charge is 2.33.